The lowest BCUT2D eigenvalue weighted by atomic mass is 9.98. The Morgan fingerprint density at radius 2 is 1.77 bits per heavy atom. The van der Waals surface area contributed by atoms with Crippen molar-refractivity contribution in [2.75, 3.05) is 33.2 Å². The summed E-state index contributed by atoms with van der Waals surface area (Å²) in [7, 11) is 2.19. The predicted molar refractivity (Wildman–Crippen MR) is 103 cm³/mol. The van der Waals surface area contributed by atoms with Gasteiger partial charge in [-0.25, -0.2) is 0 Å². The van der Waals surface area contributed by atoms with Crippen LogP contribution in [0.4, 0.5) is 0 Å². The average Bonchev–Trinajstić information content (AvgIpc) is 2.67. The topological polar surface area (TPSA) is 52.6 Å². The van der Waals surface area contributed by atoms with Crippen molar-refractivity contribution in [3.05, 3.63) is 35.9 Å². The zero-order chi connectivity index (χ0) is 18.4. The van der Waals surface area contributed by atoms with Crippen molar-refractivity contribution in [1.82, 2.24) is 15.1 Å². The summed E-state index contributed by atoms with van der Waals surface area (Å²) in [6.45, 7) is 4.43. The predicted octanol–water partition coefficient (Wildman–Crippen LogP) is 2.32. The molecule has 2 saturated heterocycles. The van der Waals surface area contributed by atoms with Gasteiger partial charge in [0.05, 0.1) is 0 Å². The van der Waals surface area contributed by atoms with Crippen LogP contribution in [0.15, 0.2) is 30.3 Å². The molecule has 2 fully saturated rings. The number of carbonyl (C=O) groups is 2. The number of benzene rings is 1. The van der Waals surface area contributed by atoms with Crippen molar-refractivity contribution in [2.24, 2.45) is 0 Å². The second-order valence-corrected chi connectivity index (χ2v) is 7.73. The molecule has 0 aromatic heterocycles. The van der Waals surface area contributed by atoms with E-state index in [1.165, 1.54) is 25.9 Å². The van der Waals surface area contributed by atoms with E-state index in [1.807, 2.05) is 18.2 Å². The third-order valence-corrected chi connectivity index (χ3v) is 5.70. The average molecular weight is 357 g/mol. The molecule has 0 aliphatic carbocycles. The first kappa shape index (κ1) is 19.1. The molecule has 142 valence electrons. The van der Waals surface area contributed by atoms with Gasteiger partial charge in [-0.3, -0.25) is 14.5 Å². The highest BCUT2D eigenvalue weighted by Gasteiger charge is 2.28. The maximum Gasteiger partial charge on any atom is 0.220 e. The largest absolute Gasteiger partial charge is 0.352 e. The first-order chi connectivity index (χ1) is 12.6. The fraction of sp³-hybridized carbons (Fsp3) is 0.619. The summed E-state index contributed by atoms with van der Waals surface area (Å²) >= 11 is 0. The van der Waals surface area contributed by atoms with E-state index >= 15 is 0 Å². The molecule has 0 spiro atoms. The van der Waals surface area contributed by atoms with Crippen molar-refractivity contribution < 1.29 is 9.59 Å². The molecule has 1 aromatic rings. The van der Waals surface area contributed by atoms with Gasteiger partial charge >= 0.3 is 0 Å². The monoisotopic (exact) mass is 357 g/mol. The molecular formula is C21H31N3O2. The van der Waals surface area contributed by atoms with Gasteiger partial charge < -0.3 is 10.2 Å². The van der Waals surface area contributed by atoms with Crippen LogP contribution in [0.1, 0.15) is 48.9 Å². The van der Waals surface area contributed by atoms with E-state index in [0.717, 1.165) is 25.9 Å². The zero-order valence-corrected chi connectivity index (χ0v) is 15.8. The van der Waals surface area contributed by atoms with Gasteiger partial charge in [-0.15, -0.1) is 0 Å². The Labute approximate surface area is 156 Å². The molecule has 1 N–H and O–H groups in total. The summed E-state index contributed by atoms with van der Waals surface area (Å²) < 4.78 is 0. The number of nitrogens with one attached hydrogen (secondary N) is 1. The normalized spacial score (nSPS) is 22.9. The second kappa shape index (κ2) is 9.28. The Morgan fingerprint density at radius 1 is 1.04 bits per heavy atom. The molecule has 5 heteroatoms. The maximum absolute atomic E-state index is 12.3. The number of amides is 1. The number of nitrogens with zero attached hydrogens (tertiary/aromatic N) is 2. The number of piperidine rings is 2. The Hall–Kier alpha value is -1.72. The van der Waals surface area contributed by atoms with Crippen LogP contribution in [0.3, 0.4) is 0 Å². The molecule has 2 heterocycles. The van der Waals surface area contributed by atoms with Crippen molar-refractivity contribution in [1.29, 1.82) is 0 Å². The molecule has 5 nitrogen and oxygen atoms in total. The zero-order valence-electron chi connectivity index (χ0n) is 15.8. The van der Waals surface area contributed by atoms with E-state index in [0.29, 0.717) is 11.6 Å². The van der Waals surface area contributed by atoms with E-state index < -0.39 is 0 Å². The molecule has 0 radical (unpaired) electrons. The molecular weight excluding hydrogens is 326 g/mol. The van der Waals surface area contributed by atoms with Gasteiger partial charge in [-0.2, -0.15) is 0 Å². The summed E-state index contributed by atoms with van der Waals surface area (Å²) in [4.78, 5) is 29.4. The fourth-order valence-electron chi connectivity index (χ4n) is 4.11. The summed E-state index contributed by atoms with van der Waals surface area (Å²) in [5.41, 5.74) is 0.686. The van der Waals surface area contributed by atoms with Crippen LogP contribution in [0, 0.1) is 0 Å². The number of Topliss-reactive ketones (excluding diaryl/α,β-unsaturated/α-hetero) is 1. The first-order valence-electron chi connectivity index (χ1n) is 9.92. The van der Waals surface area contributed by atoms with Crippen LogP contribution in [0.5, 0.6) is 0 Å². The molecule has 0 bridgehead atoms. The number of hydrogen-bond donors (Lipinski definition) is 1. The van der Waals surface area contributed by atoms with Gasteiger partial charge in [0.2, 0.25) is 5.91 Å². The lowest BCUT2D eigenvalue weighted by Crippen LogP contribution is -2.53. The minimum Gasteiger partial charge on any atom is -0.352 e. The van der Waals surface area contributed by atoms with Gasteiger partial charge in [-0.1, -0.05) is 30.3 Å². The number of rotatable bonds is 6. The highest BCUT2D eigenvalue weighted by atomic mass is 16.2. The highest BCUT2D eigenvalue weighted by Crippen LogP contribution is 2.20. The molecule has 2 aliphatic rings. The molecule has 26 heavy (non-hydrogen) atoms. The van der Waals surface area contributed by atoms with Crippen molar-refractivity contribution in [3.63, 3.8) is 0 Å². The molecule has 1 aromatic carbocycles. The lowest BCUT2D eigenvalue weighted by Gasteiger charge is -2.41. The number of carbonyl (C=O) groups excluding carboxylic acids is 2. The lowest BCUT2D eigenvalue weighted by molar-refractivity contribution is -0.122. The summed E-state index contributed by atoms with van der Waals surface area (Å²) in [5.74, 6) is 0.0434. The second-order valence-electron chi connectivity index (χ2n) is 7.73. The summed E-state index contributed by atoms with van der Waals surface area (Å²) in [6, 6.07) is 10.1. The standard InChI is InChI=1S/C21H31N3O2/c1-23-14-11-19(12-15-23)24-13-5-8-18(16-24)22-21(26)10-9-20(25)17-6-3-2-4-7-17/h2-4,6-7,18-19H,5,8-16H2,1H3,(H,22,26)/t18-/m0/s1. The minimum atomic E-state index is 0.00417. The van der Waals surface area contributed by atoms with Crippen LogP contribution in [-0.2, 0) is 4.79 Å². The SMILES string of the molecule is CN1CCC(N2CCC[C@H](NC(=O)CCC(=O)c3ccccc3)C2)CC1. The molecule has 0 saturated carbocycles. The van der Waals surface area contributed by atoms with Crippen LogP contribution in [0.25, 0.3) is 0 Å². The van der Waals surface area contributed by atoms with Gasteiger partial charge in [0.15, 0.2) is 5.78 Å². The van der Waals surface area contributed by atoms with E-state index in [-0.39, 0.29) is 30.6 Å². The minimum absolute atomic E-state index is 0.00417. The third kappa shape index (κ3) is 5.39. The quantitative estimate of drug-likeness (QED) is 0.794. The highest BCUT2D eigenvalue weighted by molar-refractivity contribution is 5.97. The van der Waals surface area contributed by atoms with Crippen LogP contribution < -0.4 is 5.32 Å². The van der Waals surface area contributed by atoms with Gasteiger partial charge in [0.1, 0.15) is 0 Å². The summed E-state index contributed by atoms with van der Waals surface area (Å²) in [6.07, 6.45) is 5.19. The van der Waals surface area contributed by atoms with E-state index in [2.05, 4.69) is 22.2 Å². The van der Waals surface area contributed by atoms with Gasteiger partial charge in [0, 0.05) is 37.0 Å². The number of hydrogen-bond acceptors (Lipinski definition) is 4. The van der Waals surface area contributed by atoms with E-state index in [4.69, 9.17) is 0 Å². The smallest absolute Gasteiger partial charge is 0.220 e. The third-order valence-electron chi connectivity index (χ3n) is 5.70. The maximum atomic E-state index is 12.3. The number of ketones is 1. The molecule has 1 amide bonds. The Morgan fingerprint density at radius 3 is 2.50 bits per heavy atom. The Bertz CT molecular complexity index is 597. The van der Waals surface area contributed by atoms with E-state index in [1.54, 1.807) is 12.1 Å². The van der Waals surface area contributed by atoms with Crippen molar-refractivity contribution in [2.45, 2.75) is 50.6 Å². The first-order valence-corrected chi connectivity index (χ1v) is 9.92. The van der Waals surface area contributed by atoms with Crippen LogP contribution in [0.2, 0.25) is 0 Å². The fourth-order valence-corrected chi connectivity index (χ4v) is 4.11. The van der Waals surface area contributed by atoms with E-state index in [9.17, 15) is 9.59 Å². The van der Waals surface area contributed by atoms with Crippen LogP contribution in [-0.4, -0.2) is 66.8 Å². The van der Waals surface area contributed by atoms with Crippen molar-refractivity contribution in [3.8, 4) is 0 Å². The molecule has 0 unspecified atom stereocenters. The van der Waals surface area contributed by atoms with Crippen LogP contribution >= 0.6 is 0 Å². The molecule has 3 rings (SSSR count). The summed E-state index contributed by atoms with van der Waals surface area (Å²) in [5, 5.41) is 3.16. The molecule has 1 atom stereocenters. The Kier molecular flexibility index (Phi) is 6.80. The number of likely N-dealkylation sites (tertiary alicyclic amines) is 2. The molecule has 2 aliphatic heterocycles. The van der Waals surface area contributed by atoms with Gasteiger partial charge in [-0.05, 0) is 52.4 Å². The van der Waals surface area contributed by atoms with Crippen molar-refractivity contribution >= 4 is 11.7 Å². The Balaban J connectivity index is 1.41. The van der Waals surface area contributed by atoms with Gasteiger partial charge in [0.25, 0.3) is 0 Å².